The zero-order valence-electron chi connectivity index (χ0n) is 16.3. The first-order chi connectivity index (χ1) is 14.0. The lowest BCUT2D eigenvalue weighted by molar-refractivity contribution is -0.130. The Morgan fingerprint density at radius 3 is 2.48 bits per heavy atom. The molecule has 8 nitrogen and oxygen atoms in total. The molecule has 0 fully saturated rings. The fourth-order valence-electron chi connectivity index (χ4n) is 2.53. The average Bonchev–Trinajstić information content (AvgIpc) is 3.14. The van der Waals surface area contributed by atoms with Crippen molar-refractivity contribution in [3.05, 3.63) is 60.4 Å². The van der Waals surface area contributed by atoms with Crippen LogP contribution in [0.25, 0.3) is 11.4 Å². The van der Waals surface area contributed by atoms with Gasteiger partial charge in [-0.25, -0.2) is 0 Å². The van der Waals surface area contributed by atoms with Gasteiger partial charge in [0, 0.05) is 32.1 Å². The molecule has 0 bridgehead atoms. The van der Waals surface area contributed by atoms with E-state index in [9.17, 15) is 9.59 Å². The third-order valence-corrected chi connectivity index (χ3v) is 5.07. The smallest absolute Gasteiger partial charge is 0.241 e. The van der Waals surface area contributed by atoms with Crippen LogP contribution in [-0.4, -0.2) is 62.9 Å². The van der Waals surface area contributed by atoms with E-state index in [1.165, 1.54) is 16.7 Å². The number of carbonyl (C=O) groups excluding carboxylic acids is 2. The van der Waals surface area contributed by atoms with Crippen LogP contribution in [-0.2, 0) is 16.1 Å². The van der Waals surface area contributed by atoms with Gasteiger partial charge in [0.05, 0.1) is 18.8 Å². The molecule has 29 heavy (non-hydrogen) atoms. The van der Waals surface area contributed by atoms with Crippen molar-refractivity contribution in [3.8, 4) is 11.4 Å². The van der Waals surface area contributed by atoms with Crippen LogP contribution in [0.3, 0.4) is 0 Å². The van der Waals surface area contributed by atoms with Crippen molar-refractivity contribution < 1.29 is 9.59 Å². The number of likely N-dealkylation sites (N-methyl/N-ethyl adjacent to an activating group) is 1. The Labute approximate surface area is 173 Å². The van der Waals surface area contributed by atoms with Gasteiger partial charge in [-0.05, 0) is 17.7 Å². The third-order valence-electron chi connectivity index (χ3n) is 4.11. The average molecular weight is 411 g/mol. The number of aromatic nitrogens is 4. The van der Waals surface area contributed by atoms with Crippen LogP contribution in [0.5, 0.6) is 0 Å². The summed E-state index contributed by atoms with van der Waals surface area (Å²) >= 11 is 1.29. The highest BCUT2D eigenvalue weighted by atomic mass is 32.2. The number of hydrogen-bond donors (Lipinski definition) is 1. The second-order valence-electron chi connectivity index (χ2n) is 6.47. The summed E-state index contributed by atoms with van der Waals surface area (Å²) in [7, 11) is 3.30. The molecule has 0 aliphatic heterocycles. The molecule has 2 amide bonds. The van der Waals surface area contributed by atoms with Gasteiger partial charge in [-0.2, -0.15) is 0 Å². The second kappa shape index (κ2) is 9.83. The van der Waals surface area contributed by atoms with Gasteiger partial charge in [-0.15, -0.1) is 10.2 Å². The Kier molecular flexibility index (Phi) is 6.96. The van der Waals surface area contributed by atoms with Gasteiger partial charge in [0.2, 0.25) is 11.8 Å². The molecule has 1 N–H and O–H groups in total. The summed E-state index contributed by atoms with van der Waals surface area (Å²) in [6.45, 7) is 0.555. The molecule has 0 saturated heterocycles. The van der Waals surface area contributed by atoms with E-state index in [1.807, 2.05) is 47.0 Å². The molecule has 0 atom stereocenters. The lowest BCUT2D eigenvalue weighted by atomic mass is 10.2. The first-order valence-corrected chi connectivity index (χ1v) is 10.0. The molecular weight excluding hydrogens is 388 g/mol. The molecule has 0 saturated carbocycles. The molecule has 0 radical (unpaired) electrons. The fourth-order valence-corrected chi connectivity index (χ4v) is 3.30. The predicted molar refractivity (Wildman–Crippen MR) is 111 cm³/mol. The minimum atomic E-state index is -0.232. The monoisotopic (exact) mass is 410 g/mol. The van der Waals surface area contributed by atoms with Crippen LogP contribution < -0.4 is 5.32 Å². The molecule has 0 spiro atoms. The van der Waals surface area contributed by atoms with E-state index in [0.29, 0.717) is 17.5 Å². The van der Waals surface area contributed by atoms with E-state index in [4.69, 9.17) is 0 Å². The summed E-state index contributed by atoms with van der Waals surface area (Å²) in [5.74, 6) is 0.465. The molecule has 1 aromatic carbocycles. The number of hydrogen-bond acceptors (Lipinski definition) is 6. The Balaban J connectivity index is 1.75. The van der Waals surface area contributed by atoms with E-state index in [2.05, 4.69) is 20.5 Å². The van der Waals surface area contributed by atoms with Crippen LogP contribution in [0.15, 0.2) is 60.0 Å². The summed E-state index contributed by atoms with van der Waals surface area (Å²) in [6, 6.07) is 13.7. The van der Waals surface area contributed by atoms with Crippen LogP contribution in [0.4, 0.5) is 0 Å². The minimum Gasteiger partial charge on any atom is -0.347 e. The van der Waals surface area contributed by atoms with Crippen molar-refractivity contribution in [2.24, 2.45) is 0 Å². The van der Waals surface area contributed by atoms with Gasteiger partial charge < -0.3 is 10.2 Å². The number of benzene rings is 1. The Hall–Kier alpha value is -3.20. The van der Waals surface area contributed by atoms with Gasteiger partial charge in [0.1, 0.15) is 0 Å². The largest absolute Gasteiger partial charge is 0.347 e. The van der Waals surface area contributed by atoms with Crippen molar-refractivity contribution in [2.75, 3.05) is 26.4 Å². The van der Waals surface area contributed by atoms with Gasteiger partial charge in [0.15, 0.2) is 11.0 Å². The van der Waals surface area contributed by atoms with Gasteiger partial charge in [0.25, 0.3) is 0 Å². The summed E-state index contributed by atoms with van der Waals surface area (Å²) in [5.41, 5.74) is 2.00. The lowest BCUT2D eigenvalue weighted by Crippen LogP contribution is -2.37. The van der Waals surface area contributed by atoms with Gasteiger partial charge in [-0.1, -0.05) is 42.1 Å². The number of rotatable bonds is 8. The van der Waals surface area contributed by atoms with E-state index in [0.717, 1.165) is 11.1 Å². The highest BCUT2D eigenvalue weighted by molar-refractivity contribution is 7.99. The van der Waals surface area contributed by atoms with E-state index in [1.54, 1.807) is 26.5 Å². The standard InChI is InChI=1S/C20H22N6O2S/c1-25(2)18(28)12-22-17(27)14-29-20-24-23-19(16-8-10-21-11-9-16)26(20)13-15-6-4-3-5-7-15/h3-11H,12-14H2,1-2H3,(H,22,27). The van der Waals surface area contributed by atoms with E-state index >= 15 is 0 Å². The van der Waals surface area contributed by atoms with E-state index in [-0.39, 0.29) is 24.1 Å². The second-order valence-corrected chi connectivity index (χ2v) is 7.41. The summed E-state index contributed by atoms with van der Waals surface area (Å²) in [5, 5.41) is 11.9. The maximum atomic E-state index is 12.1. The molecule has 0 unspecified atom stereocenters. The zero-order valence-corrected chi connectivity index (χ0v) is 17.1. The van der Waals surface area contributed by atoms with Crippen molar-refractivity contribution >= 4 is 23.6 Å². The number of thioether (sulfide) groups is 1. The molecular formula is C20H22N6O2S. The molecule has 2 aromatic heterocycles. The number of pyridine rings is 1. The molecule has 150 valence electrons. The summed E-state index contributed by atoms with van der Waals surface area (Å²) < 4.78 is 1.98. The SMILES string of the molecule is CN(C)C(=O)CNC(=O)CSc1nnc(-c2ccncc2)n1Cc1ccccc1. The molecule has 0 aliphatic carbocycles. The van der Waals surface area contributed by atoms with Crippen LogP contribution in [0, 0.1) is 0 Å². The predicted octanol–water partition coefficient (Wildman–Crippen LogP) is 1.68. The minimum absolute atomic E-state index is 0.0225. The lowest BCUT2D eigenvalue weighted by Gasteiger charge is -2.12. The molecule has 0 aliphatic rings. The summed E-state index contributed by atoms with van der Waals surface area (Å²) in [4.78, 5) is 29.2. The first kappa shape index (κ1) is 20.5. The van der Waals surface area contributed by atoms with Crippen LogP contribution >= 0.6 is 11.8 Å². The number of amides is 2. The highest BCUT2D eigenvalue weighted by Gasteiger charge is 2.16. The zero-order chi connectivity index (χ0) is 20.6. The normalized spacial score (nSPS) is 10.6. The Morgan fingerprint density at radius 2 is 1.79 bits per heavy atom. The van der Waals surface area contributed by atoms with Crippen LogP contribution in [0.2, 0.25) is 0 Å². The van der Waals surface area contributed by atoms with Crippen molar-refractivity contribution in [3.63, 3.8) is 0 Å². The highest BCUT2D eigenvalue weighted by Crippen LogP contribution is 2.24. The van der Waals surface area contributed by atoms with E-state index < -0.39 is 0 Å². The molecule has 3 rings (SSSR count). The van der Waals surface area contributed by atoms with Crippen LogP contribution in [0.1, 0.15) is 5.56 Å². The van der Waals surface area contributed by atoms with Crippen molar-refractivity contribution in [1.29, 1.82) is 0 Å². The molecule has 3 aromatic rings. The van der Waals surface area contributed by atoms with Crippen molar-refractivity contribution in [1.82, 2.24) is 30.0 Å². The molecule has 2 heterocycles. The number of nitrogens with one attached hydrogen (secondary N) is 1. The maximum absolute atomic E-state index is 12.1. The number of nitrogens with zero attached hydrogens (tertiary/aromatic N) is 5. The maximum Gasteiger partial charge on any atom is 0.241 e. The number of carbonyl (C=O) groups is 2. The fraction of sp³-hybridized carbons (Fsp3) is 0.250. The quantitative estimate of drug-likeness (QED) is 0.568. The molecule has 9 heteroatoms. The third kappa shape index (κ3) is 5.64. The topological polar surface area (TPSA) is 93.0 Å². The van der Waals surface area contributed by atoms with Gasteiger partial charge >= 0.3 is 0 Å². The van der Waals surface area contributed by atoms with Crippen molar-refractivity contribution in [2.45, 2.75) is 11.7 Å². The Bertz CT molecular complexity index is 960. The first-order valence-electron chi connectivity index (χ1n) is 9.02. The Morgan fingerprint density at radius 1 is 1.07 bits per heavy atom. The van der Waals surface area contributed by atoms with Gasteiger partial charge in [-0.3, -0.25) is 19.1 Å². The summed E-state index contributed by atoms with van der Waals surface area (Å²) in [6.07, 6.45) is 3.41.